The molecule has 2 aliphatic carbocycles. The largest absolute Gasteiger partial charge is 0.446 e. The van der Waals surface area contributed by atoms with Crippen LogP contribution in [0.2, 0.25) is 0 Å². The number of carbonyl (C=O) groups excluding carboxylic acids is 1. The zero-order valence-electron chi connectivity index (χ0n) is 10.9. The SMILES string of the molecule is N=C(N)CN(C(=O)OC1CCCC1)C1CCCC1. The summed E-state index contributed by atoms with van der Waals surface area (Å²) in [4.78, 5) is 13.8. The van der Waals surface area contributed by atoms with Crippen LogP contribution in [-0.4, -0.2) is 35.5 Å². The average Bonchev–Trinajstić information content (AvgIpc) is 2.97. The molecule has 0 aromatic rings. The molecule has 2 aliphatic rings. The van der Waals surface area contributed by atoms with Gasteiger partial charge in [0.1, 0.15) is 11.9 Å². The summed E-state index contributed by atoms with van der Waals surface area (Å²) in [5.74, 6) is 0.0327. The first kappa shape index (κ1) is 13.2. The normalized spacial score (nSPS) is 21.1. The summed E-state index contributed by atoms with van der Waals surface area (Å²) in [7, 11) is 0. The fourth-order valence-corrected chi connectivity index (χ4v) is 2.96. The second-order valence-electron chi connectivity index (χ2n) is 5.38. The van der Waals surface area contributed by atoms with Gasteiger partial charge in [0.2, 0.25) is 0 Å². The average molecular weight is 253 g/mol. The number of nitrogens with one attached hydrogen (secondary N) is 1. The molecule has 18 heavy (non-hydrogen) atoms. The van der Waals surface area contributed by atoms with E-state index in [1.165, 1.54) is 0 Å². The van der Waals surface area contributed by atoms with Crippen molar-refractivity contribution in [1.82, 2.24) is 4.90 Å². The number of ether oxygens (including phenoxy) is 1. The van der Waals surface area contributed by atoms with E-state index in [4.69, 9.17) is 15.9 Å². The van der Waals surface area contributed by atoms with Crippen LogP contribution >= 0.6 is 0 Å². The predicted octanol–water partition coefficient (Wildman–Crippen LogP) is 2.25. The van der Waals surface area contributed by atoms with Crippen molar-refractivity contribution in [3.05, 3.63) is 0 Å². The molecule has 2 fully saturated rings. The maximum atomic E-state index is 12.2. The molecule has 3 N–H and O–H groups in total. The zero-order chi connectivity index (χ0) is 13.0. The molecule has 0 radical (unpaired) electrons. The van der Waals surface area contributed by atoms with Gasteiger partial charge in [0, 0.05) is 6.04 Å². The summed E-state index contributed by atoms with van der Waals surface area (Å²) in [5.41, 5.74) is 5.44. The molecular formula is C13H23N3O2. The molecule has 0 aliphatic heterocycles. The monoisotopic (exact) mass is 253 g/mol. The Hall–Kier alpha value is -1.26. The first-order valence-electron chi connectivity index (χ1n) is 6.97. The van der Waals surface area contributed by atoms with Crippen molar-refractivity contribution >= 4 is 11.9 Å². The Bertz CT molecular complexity index is 307. The Balaban J connectivity index is 1.93. The number of hydrogen-bond donors (Lipinski definition) is 2. The molecule has 0 atom stereocenters. The Morgan fingerprint density at radius 3 is 2.28 bits per heavy atom. The van der Waals surface area contributed by atoms with Gasteiger partial charge in [-0.05, 0) is 38.5 Å². The standard InChI is InChI=1S/C13H23N3O2/c14-12(15)9-16(10-5-1-2-6-10)13(17)18-11-7-3-4-8-11/h10-11H,1-9H2,(H3,14,15). The van der Waals surface area contributed by atoms with Gasteiger partial charge in [-0.15, -0.1) is 0 Å². The highest BCUT2D eigenvalue weighted by atomic mass is 16.6. The highest BCUT2D eigenvalue weighted by molar-refractivity contribution is 5.83. The number of rotatable bonds is 4. The smallest absolute Gasteiger partial charge is 0.410 e. The molecule has 5 heteroatoms. The fraction of sp³-hybridized carbons (Fsp3) is 0.846. The quantitative estimate of drug-likeness (QED) is 0.595. The van der Waals surface area contributed by atoms with Gasteiger partial charge >= 0.3 is 6.09 Å². The van der Waals surface area contributed by atoms with Crippen LogP contribution in [0.25, 0.3) is 0 Å². The second kappa shape index (κ2) is 6.07. The van der Waals surface area contributed by atoms with Crippen LogP contribution in [0, 0.1) is 5.41 Å². The fourth-order valence-electron chi connectivity index (χ4n) is 2.96. The van der Waals surface area contributed by atoms with E-state index < -0.39 is 0 Å². The lowest BCUT2D eigenvalue weighted by Crippen LogP contribution is -2.45. The van der Waals surface area contributed by atoms with Gasteiger partial charge in [0.15, 0.2) is 0 Å². The minimum Gasteiger partial charge on any atom is -0.446 e. The van der Waals surface area contributed by atoms with Crippen LogP contribution in [-0.2, 0) is 4.74 Å². The van der Waals surface area contributed by atoms with E-state index in [9.17, 15) is 4.79 Å². The van der Waals surface area contributed by atoms with Crippen molar-refractivity contribution < 1.29 is 9.53 Å². The molecule has 0 bridgehead atoms. The van der Waals surface area contributed by atoms with Gasteiger partial charge < -0.3 is 10.5 Å². The van der Waals surface area contributed by atoms with Gasteiger partial charge in [-0.2, -0.15) is 0 Å². The van der Waals surface area contributed by atoms with E-state index in [0.717, 1.165) is 51.4 Å². The van der Waals surface area contributed by atoms with Gasteiger partial charge in [-0.3, -0.25) is 10.3 Å². The molecule has 1 amide bonds. The van der Waals surface area contributed by atoms with Crippen LogP contribution in [0.3, 0.4) is 0 Å². The summed E-state index contributed by atoms with van der Waals surface area (Å²) >= 11 is 0. The van der Waals surface area contributed by atoms with Crippen LogP contribution in [0.4, 0.5) is 4.79 Å². The Morgan fingerprint density at radius 1 is 1.17 bits per heavy atom. The lowest BCUT2D eigenvalue weighted by Gasteiger charge is -2.28. The number of amides is 1. The van der Waals surface area contributed by atoms with Crippen molar-refractivity contribution in [2.24, 2.45) is 5.73 Å². The number of hydrogen-bond acceptors (Lipinski definition) is 3. The number of nitrogens with two attached hydrogens (primary N) is 1. The molecule has 0 aromatic carbocycles. The number of amidine groups is 1. The lowest BCUT2D eigenvalue weighted by atomic mass is 10.2. The van der Waals surface area contributed by atoms with Crippen molar-refractivity contribution in [3.63, 3.8) is 0 Å². The molecule has 0 heterocycles. The van der Waals surface area contributed by atoms with Crippen LogP contribution in [0.5, 0.6) is 0 Å². The van der Waals surface area contributed by atoms with Crippen molar-refractivity contribution in [1.29, 1.82) is 5.41 Å². The molecule has 102 valence electrons. The Morgan fingerprint density at radius 2 is 1.72 bits per heavy atom. The highest BCUT2D eigenvalue weighted by Gasteiger charge is 2.30. The lowest BCUT2D eigenvalue weighted by molar-refractivity contribution is 0.0585. The summed E-state index contributed by atoms with van der Waals surface area (Å²) in [6.07, 6.45) is 8.36. The Labute approximate surface area is 108 Å². The van der Waals surface area contributed by atoms with Gasteiger partial charge in [0.05, 0.1) is 6.54 Å². The van der Waals surface area contributed by atoms with E-state index >= 15 is 0 Å². The third kappa shape index (κ3) is 3.37. The van der Waals surface area contributed by atoms with E-state index in [1.807, 2.05) is 0 Å². The molecule has 0 spiro atoms. The summed E-state index contributed by atoms with van der Waals surface area (Å²) in [6, 6.07) is 0.211. The molecule has 2 saturated carbocycles. The third-order valence-electron chi connectivity index (χ3n) is 3.91. The molecular weight excluding hydrogens is 230 g/mol. The molecule has 0 aromatic heterocycles. The molecule has 0 unspecified atom stereocenters. The minimum absolute atomic E-state index is 0.0327. The van der Waals surface area contributed by atoms with Gasteiger partial charge in [-0.25, -0.2) is 4.79 Å². The predicted molar refractivity (Wildman–Crippen MR) is 69.6 cm³/mol. The second-order valence-corrected chi connectivity index (χ2v) is 5.38. The topological polar surface area (TPSA) is 79.4 Å². The van der Waals surface area contributed by atoms with E-state index in [-0.39, 0.29) is 30.6 Å². The molecule has 0 saturated heterocycles. The maximum absolute atomic E-state index is 12.2. The van der Waals surface area contributed by atoms with Crippen molar-refractivity contribution in [2.45, 2.75) is 63.5 Å². The highest BCUT2D eigenvalue weighted by Crippen LogP contribution is 2.26. The first-order valence-corrected chi connectivity index (χ1v) is 6.97. The first-order chi connectivity index (χ1) is 8.66. The Kier molecular flexibility index (Phi) is 4.44. The number of carbonyl (C=O) groups is 1. The minimum atomic E-state index is -0.274. The van der Waals surface area contributed by atoms with Crippen LogP contribution < -0.4 is 5.73 Å². The number of nitrogens with zero attached hydrogens (tertiary/aromatic N) is 1. The molecule has 5 nitrogen and oxygen atoms in total. The zero-order valence-corrected chi connectivity index (χ0v) is 10.9. The summed E-state index contributed by atoms with van der Waals surface area (Å²) < 4.78 is 5.52. The molecule has 2 rings (SSSR count). The summed E-state index contributed by atoms with van der Waals surface area (Å²) in [5, 5.41) is 7.39. The maximum Gasteiger partial charge on any atom is 0.410 e. The van der Waals surface area contributed by atoms with Gasteiger partial charge in [0.25, 0.3) is 0 Å². The van der Waals surface area contributed by atoms with Gasteiger partial charge in [-0.1, -0.05) is 12.8 Å². The van der Waals surface area contributed by atoms with E-state index in [0.29, 0.717) is 0 Å². The third-order valence-corrected chi connectivity index (χ3v) is 3.91. The van der Waals surface area contributed by atoms with Crippen molar-refractivity contribution in [3.8, 4) is 0 Å². The van der Waals surface area contributed by atoms with E-state index in [2.05, 4.69) is 0 Å². The van der Waals surface area contributed by atoms with Crippen LogP contribution in [0.15, 0.2) is 0 Å². The summed E-state index contributed by atoms with van der Waals surface area (Å²) in [6.45, 7) is 0.205. The van der Waals surface area contributed by atoms with Crippen molar-refractivity contribution in [2.75, 3.05) is 6.54 Å². The van der Waals surface area contributed by atoms with E-state index in [1.54, 1.807) is 4.90 Å². The van der Waals surface area contributed by atoms with Crippen LogP contribution in [0.1, 0.15) is 51.4 Å².